The molecule has 15 heavy (non-hydrogen) atoms. The second-order valence-electron chi connectivity index (χ2n) is 4.85. The fourth-order valence-electron chi connectivity index (χ4n) is 1.80. The van der Waals surface area contributed by atoms with Gasteiger partial charge in [0.2, 0.25) is 0 Å². The lowest BCUT2D eigenvalue weighted by Gasteiger charge is -2.17. The van der Waals surface area contributed by atoms with Crippen molar-refractivity contribution in [2.45, 2.75) is 65.3 Å². The van der Waals surface area contributed by atoms with Crippen LogP contribution in [0.1, 0.15) is 59.3 Å². The zero-order valence-electron chi connectivity index (χ0n) is 10.7. The van der Waals surface area contributed by atoms with Gasteiger partial charge in [-0.2, -0.15) is 0 Å². The average molecular weight is 234 g/mol. The molecule has 0 aliphatic heterocycles. The van der Waals surface area contributed by atoms with Crippen LogP contribution in [-0.2, 0) is 0 Å². The molecule has 0 rings (SSSR count). The van der Waals surface area contributed by atoms with E-state index in [0.717, 1.165) is 18.3 Å². The summed E-state index contributed by atoms with van der Waals surface area (Å²) in [4.78, 5) is 0. The quantitative estimate of drug-likeness (QED) is 0.441. The molecule has 0 spiro atoms. The molecule has 1 atom stereocenters. The minimum Gasteiger partial charge on any atom is -0.313 e. The molecule has 0 bridgehead atoms. The molecule has 1 nitrogen and oxygen atoms in total. The number of nitrogens with one attached hydrogen (secondary N) is 1. The van der Waals surface area contributed by atoms with Gasteiger partial charge in [0.15, 0.2) is 0 Å². The van der Waals surface area contributed by atoms with Gasteiger partial charge in [-0.3, -0.25) is 0 Å². The minimum absolute atomic E-state index is 0.512. The molecule has 0 aromatic carbocycles. The van der Waals surface area contributed by atoms with Crippen molar-refractivity contribution in [3.05, 3.63) is 0 Å². The van der Waals surface area contributed by atoms with Crippen LogP contribution in [0.15, 0.2) is 0 Å². The maximum atomic E-state index is 5.91. The first-order valence-electron chi connectivity index (χ1n) is 6.50. The van der Waals surface area contributed by atoms with E-state index in [-0.39, 0.29) is 0 Å². The number of halogens is 1. The van der Waals surface area contributed by atoms with Crippen LogP contribution in [0.4, 0.5) is 0 Å². The molecule has 2 heteroatoms. The zero-order chi connectivity index (χ0) is 11.5. The Morgan fingerprint density at radius 3 is 2.27 bits per heavy atom. The molecular weight excluding hydrogens is 206 g/mol. The van der Waals surface area contributed by atoms with E-state index in [9.17, 15) is 0 Å². The SMILES string of the molecule is CCCCCCCNC(CCl)CC(C)C. The van der Waals surface area contributed by atoms with Gasteiger partial charge >= 0.3 is 0 Å². The first-order valence-corrected chi connectivity index (χ1v) is 7.03. The van der Waals surface area contributed by atoms with Crippen LogP contribution < -0.4 is 5.32 Å². The molecule has 0 saturated heterocycles. The van der Waals surface area contributed by atoms with E-state index in [1.165, 1.54) is 38.5 Å². The van der Waals surface area contributed by atoms with E-state index >= 15 is 0 Å². The first kappa shape index (κ1) is 15.2. The molecule has 0 aliphatic rings. The smallest absolute Gasteiger partial charge is 0.0377 e. The summed E-state index contributed by atoms with van der Waals surface area (Å²) in [6.07, 6.45) is 7.94. The highest BCUT2D eigenvalue weighted by atomic mass is 35.5. The standard InChI is InChI=1S/C13H28ClN/c1-4-5-6-7-8-9-15-13(11-14)10-12(2)3/h12-13,15H,4-11H2,1-3H3. The highest BCUT2D eigenvalue weighted by Crippen LogP contribution is 2.07. The predicted octanol–water partition coefficient (Wildman–Crippen LogP) is 4.20. The third kappa shape index (κ3) is 10.5. The Labute approximate surface area is 101 Å². The Hall–Kier alpha value is 0.250. The van der Waals surface area contributed by atoms with Gasteiger partial charge in [0.25, 0.3) is 0 Å². The third-order valence-corrected chi connectivity index (χ3v) is 3.03. The summed E-state index contributed by atoms with van der Waals surface area (Å²) < 4.78 is 0. The summed E-state index contributed by atoms with van der Waals surface area (Å²) in [5, 5.41) is 3.55. The molecule has 1 unspecified atom stereocenters. The van der Waals surface area contributed by atoms with Crippen LogP contribution in [0.5, 0.6) is 0 Å². The van der Waals surface area contributed by atoms with E-state index in [4.69, 9.17) is 11.6 Å². The van der Waals surface area contributed by atoms with Crippen LogP contribution in [0.3, 0.4) is 0 Å². The van der Waals surface area contributed by atoms with Crippen LogP contribution in [0, 0.1) is 5.92 Å². The molecule has 1 N–H and O–H groups in total. The molecule has 0 aromatic rings. The fourth-order valence-corrected chi connectivity index (χ4v) is 2.04. The van der Waals surface area contributed by atoms with Gasteiger partial charge in [0, 0.05) is 11.9 Å². The summed E-state index contributed by atoms with van der Waals surface area (Å²) in [7, 11) is 0. The van der Waals surface area contributed by atoms with Gasteiger partial charge in [0.1, 0.15) is 0 Å². The maximum Gasteiger partial charge on any atom is 0.0377 e. The second-order valence-corrected chi connectivity index (χ2v) is 5.16. The number of hydrogen-bond acceptors (Lipinski definition) is 1. The summed E-state index contributed by atoms with van der Waals surface area (Å²) in [5.74, 6) is 1.48. The van der Waals surface area contributed by atoms with Gasteiger partial charge in [-0.05, 0) is 25.3 Å². The van der Waals surface area contributed by atoms with E-state index in [1.807, 2.05) is 0 Å². The van der Waals surface area contributed by atoms with Gasteiger partial charge in [0.05, 0.1) is 0 Å². The van der Waals surface area contributed by atoms with Gasteiger partial charge in [-0.25, -0.2) is 0 Å². The van der Waals surface area contributed by atoms with Crippen molar-refractivity contribution < 1.29 is 0 Å². The normalized spacial score (nSPS) is 13.4. The molecule has 0 aromatic heterocycles. The van der Waals surface area contributed by atoms with Crippen LogP contribution in [0.25, 0.3) is 0 Å². The summed E-state index contributed by atoms with van der Waals surface area (Å²) in [5.41, 5.74) is 0. The predicted molar refractivity (Wildman–Crippen MR) is 70.7 cm³/mol. The number of alkyl halides is 1. The van der Waals surface area contributed by atoms with E-state index in [1.54, 1.807) is 0 Å². The molecule has 92 valence electrons. The highest BCUT2D eigenvalue weighted by Gasteiger charge is 2.07. The lowest BCUT2D eigenvalue weighted by Crippen LogP contribution is -2.32. The molecule has 0 saturated carbocycles. The summed E-state index contributed by atoms with van der Waals surface area (Å²) in [6, 6.07) is 0.512. The summed E-state index contributed by atoms with van der Waals surface area (Å²) in [6.45, 7) is 7.89. The van der Waals surface area contributed by atoms with Crippen molar-refractivity contribution in [1.82, 2.24) is 5.32 Å². The Morgan fingerprint density at radius 1 is 1.07 bits per heavy atom. The minimum atomic E-state index is 0.512. The molecule has 0 fully saturated rings. The van der Waals surface area contributed by atoms with E-state index in [2.05, 4.69) is 26.1 Å². The van der Waals surface area contributed by atoms with Crippen LogP contribution >= 0.6 is 11.6 Å². The second kappa shape index (κ2) is 10.8. The Bertz CT molecular complexity index is 126. The fraction of sp³-hybridized carbons (Fsp3) is 1.00. The largest absolute Gasteiger partial charge is 0.313 e. The first-order chi connectivity index (χ1) is 7.20. The van der Waals surface area contributed by atoms with Crippen molar-refractivity contribution in [2.75, 3.05) is 12.4 Å². The Morgan fingerprint density at radius 2 is 1.73 bits per heavy atom. The number of hydrogen-bond donors (Lipinski definition) is 1. The Kier molecular flexibility index (Phi) is 10.9. The van der Waals surface area contributed by atoms with E-state index in [0.29, 0.717) is 6.04 Å². The van der Waals surface area contributed by atoms with Gasteiger partial charge < -0.3 is 5.32 Å². The lowest BCUT2D eigenvalue weighted by molar-refractivity contribution is 0.437. The topological polar surface area (TPSA) is 12.0 Å². The molecule has 0 aliphatic carbocycles. The number of rotatable bonds is 10. The van der Waals surface area contributed by atoms with Crippen LogP contribution in [-0.4, -0.2) is 18.5 Å². The van der Waals surface area contributed by atoms with Gasteiger partial charge in [-0.1, -0.05) is 46.5 Å². The van der Waals surface area contributed by atoms with Crippen LogP contribution in [0.2, 0.25) is 0 Å². The van der Waals surface area contributed by atoms with Crippen molar-refractivity contribution in [3.63, 3.8) is 0 Å². The molecular formula is C13H28ClN. The van der Waals surface area contributed by atoms with Crippen molar-refractivity contribution in [2.24, 2.45) is 5.92 Å². The average Bonchev–Trinajstić information content (AvgIpc) is 2.20. The third-order valence-electron chi connectivity index (χ3n) is 2.66. The zero-order valence-corrected chi connectivity index (χ0v) is 11.4. The van der Waals surface area contributed by atoms with Gasteiger partial charge in [-0.15, -0.1) is 11.6 Å². The number of unbranched alkanes of at least 4 members (excludes halogenated alkanes) is 4. The van der Waals surface area contributed by atoms with Crippen molar-refractivity contribution >= 4 is 11.6 Å². The molecule has 0 radical (unpaired) electrons. The van der Waals surface area contributed by atoms with E-state index < -0.39 is 0 Å². The van der Waals surface area contributed by atoms with Crippen molar-refractivity contribution in [1.29, 1.82) is 0 Å². The summed E-state index contributed by atoms with van der Waals surface area (Å²) >= 11 is 5.91. The van der Waals surface area contributed by atoms with Crippen molar-refractivity contribution in [3.8, 4) is 0 Å². The maximum absolute atomic E-state index is 5.91. The lowest BCUT2D eigenvalue weighted by atomic mass is 10.0. The monoisotopic (exact) mass is 233 g/mol. The molecule has 0 amide bonds. The highest BCUT2D eigenvalue weighted by molar-refractivity contribution is 6.18. The molecule has 0 heterocycles. The Balaban J connectivity index is 3.30.